The van der Waals surface area contributed by atoms with E-state index in [-0.39, 0.29) is 18.4 Å². The van der Waals surface area contributed by atoms with Crippen LogP contribution in [0.1, 0.15) is 39.2 Å². The molecule has 0 aliphatic heterocycles. The summed E-state index contributed by atoms with van der Waals surface area (Å²) < 4.78 is 0. The molecule has 0 saturated carbocycles. The van der Waals surface area contributed by atoms with Crippen LogP contribution in [0.4, 0.5) is 0 Å². The molecule has 0 fully saturated rings. The van der Waals surface area contributed by atoms with Crippen LogP contribution in [0.25, 0.3) is 0 Å². The van der Waals surface area contributed by atoms with Crippen LogP contribution in [0, 0.1) is 0 Å². The first-order chi connectivity index (χ1) is 10.1. The molecule has 2 amide bonds. The van der Waals surface area contributed by atoms with Gasteiger partial charge in [0.1, 0.15) is 6.54 Å². The zero-order valence-electron chi connectivity index (χ0n) is 13.3. The molecule has 0 aromatic heterocycles. The van der Waals surface area contributed by atoms with Crippen LogP contribution in [0.15, 0.2) is 30.3 Å². The average molecular weight is 290 g/mol. The van der Waals surface area contributed by atoms with Gasteiger partial charge in [-0.2, -0.15) is 0 Å². The van der Waals surface area contributed by atoms with E-state index in [4.69, 9.17) is 0 Å². The lowest BCUT2D eigenvalue weighted by Gasteiger charge is -2.26. The molecule has 1 rings (SSSR count). The lowest BCUT2D eigenvalue weighted by Crippen LogP contribution is -2.42. The second-order valence-electron chi connectivity index (χ2n) is 5.24. The van der Waals surface area contributed by atoms with Gasteiger partial charge in [-0.15, -0.1) is 0 Å². The monoisotopic (exact) mass is 290 g/mol. The number of nitrogens with zero attached hydrogens (tertiary/aromatic N) is 2. The quantitative estimate of drug-likeness (QED) is 0.738. The summed E-state index contributed by atoms with van der Waals surface area (Å²) in [6.07, 6.45) is 1.87. The molecule has 0 N–H and O–H groups in total. The van der Waals surface area contributed by atoms with Gasteiger partial charge in [-0.05, 0) is 18.4 Å². The molecule has 1 aromatic carbocycles. The van der Waals surface area contributed by atoms with Crippen molar-refractivity contribution in [3.05, 3.63) is 35.9 Å². The van der Waals surface area contributed by atoms with Crippen LogP contribution in [0.5, 0.6) is 0 Å². The number of hydrogen-bond acceptors (Lipinski definition) is 2. The fourth-order valence-electron chi connectivity index (χ4n) is 2.25. The zero-order valence-corrected chi connectivity index (χ0v) is 13.3. The summed E-state index contributed by atoms with van der Waals surface area (Å²) in [6.45, 7) is 7.78. The minimum Gasteiger partial charge on any atom is -0.341 e. The van der Waals surface area contributed by atoms with Gasteiger partial charge in [0.05, 0.1) is 0 Å². The molecule has 0 aliphatic carbocycles. The molecule has 0 unspecified atom stereocenters. The average Bonchev–Trinajstić information content (AvgIpc) is 2.47. The van der Waals surface area contributed by atoms with Crippen LogP contribution in [0.3, 0.4) is 0 Å². The first-order valence-electron chi connectivity index (χ1n) is 7.65. The summed E-state index contributed by atoms with van der Waals surface area (Å²) in [6, 6.07) is 9.76. The summed E-state index contributed by atoms with van der Waals surface area (Å²) in [7, 11) is 0. The Morgan fingerprint density at radius 1 is 0.952 bits per heavy atom. The fraction of sp³-hybridized carbons (Fsp3) is 0.529. The minimum absolute atomic E-state index is 0.0323. The van der Waals surface area contributed by atoms with E-state index in [1.807, 2.05) is 35.2 Å². The maximum Gasteiger partial charge on any atom is 0.242 e. The van der Waals surface area contributed by atoms with Crippen molar-refractivity contribution < 1.29 is 9.59 Å². The van der Waals surface area contributed by atoms with Gasteiger partial charge >= 0.3 is 0 Å². The lowest BCUT2D eigenvalue weighted by molar-refractivity contribution is -0.140. The summed E-state index contributed by atoms with van der Waals surface area (Å²) in [5.74, 6) is -0.0371. The van der Waals surface area contributed by atoms with E-state index in [0.29, 0.717) is 6.54 Å². The molecule has 4 nitrogen and oxygen atoms in total. The van der Waals surface area contributed by atoms with Crippen LogP contribution >= 0.6 is 0 Å². The first kappa shape index (κ1) is 17.2. The van der Waals surface area contributed by atoms with E-state index in [9.17, 15) is 9.59 Å². The standard InChI is InChI=1S/C17H26N2O2/c1-4-11-18(12-5-2)17(21)14-19(15(3)20)13-16-9-7-6-8-10-16/h6-10H,4-5,11-14H2,1-3H3. The highest BCUT2D eigenvalue weighted by molar-refractivity contribution is 5.83. The topological polar surface area (TPSA) is 40.6 Å². The highest BCUT2D eigenvalue weighted by Crippen LogP contribution is 2.06. The van der Waals surface area contributed by atoms with E-state index in [1.54, 1.807) is 4.90 Å². The molecular weight excluding hydrogens is 264 g/mol. The molecule has 21 heavy (non-hydrogen) atoms. The highest BCUT2D eigenvalue weighted by Gasteiger charge is 2.18. The van der Waals surface area contributed by atoms with Crippen molar-refractivity contribution in [3.63, 3.8) is 0 Å². The molecule has 0 heterocycles. The number of carbonyl (C=O) groups is 2. The Morgan fingerprint density at radius 3 is 2.00 bits per heavy atom. The van der Waals surface area contributed by atoms with Crippen molar-refractivity contribution in [2.24, 2.45) is 0 Å². The Hall–Kier alpha value is -1.84. The third-order valence-electron chi connectivity index (χ3n) is 3.33. The molecule has 1 aromatic rings. The van der Waals surface area contributed by atoms with Crippen molar-refractivity contribution in [3.8, 4) is 0 Å². The molecule has 0 bridgehead atoms. The second-order valence-corrected chi connectivity index (χ2v) is 5.24. The Kier molecular flexibility index (Phi) is 7.51. The SMILES string of the molecule is CCCN(CCC)C(=O)CN(Cc1ccccc1)C(C)=O. The smallest absolute Gasteiger partial charge is 0.242 e. The van der Waals surface area contributed by atoms with E-state index >= 15 is 0 Å². The van der Waals surface area contributed by atoms with Gasteiger partial charge in [0, 0.05) is 26.6 Å². The van der Waals surface area contributed by atoms with Gasteiger partial charge in [0.2, 0.25) is 11.8 Å². The maximum atomic E-state index is 12.4. The summed E-state index contributed by atoms with van der Waals surface area (Å²) in [4.78, 5) is 27.6. The van der Waals surface area contributed by atoms with E-state index in [1.165, 1.54) is 6.92 Å². The van der Waals surface area contributed by atoms with Crippen molar-refractivity contribution in [2.45, 2.75) is 40.2 Å². The van der Waals surface area contributed by atoms with Gasteiger partial charge in [0.25, 0.3) is 0 Å². The minimum atomic E-state index is -0.0693. The molecule has 0 atom stereocenters. The molecule has 0 saturated heterocycles. The lowest BCUT2D eigenvalue weighted by atomic mass is 10.2. The van der Waals surface area contributed by atoms with Gasteiger partial charge in [0.15, 0.2) is 0 Å². The van der Waals surface area contributed by atoms with E-state index in [0.717, 1.165) is 31.5 Å². The van der Waals surface area contributed by atoms with Crippen molar-refractivity contribution in [1.29, 1.82) is 0 Å². The molecule has 0 radical (unpaired) electrons. The highest BCUT2D eigenvalue weighted by atomic mass is 16.2. The number of benzene rings is 1. The van der Waals surface area contributed by atoms with Crippen LogP contribution < -0.4 is 0 Å². The molecule has 4 heteroatoms. The van der Waals surface area contributed by atoms with Crippen molar-refractivity contribution >= 4 is 11.8 Å². The summed E-state index contributed by atoms with van der Waals surface area (Å²) in [5.41, 5.74) is 1.04. The van der Waals surface area contributed by atoms with Crippen molar-refractivity contribution in [1.82, 2.24) is 9.80 Å². The zero-order chi connectivity index (χ0) is 15.7. The Bertz CT molecular complexity index is 439. The Balaban J connectivity index is 2.69. The van der Waals surface area contributed by atoms with Gasteiger partial charge in [-0.25, -0.2) is 0 Å². The summed E-state index contributed by atoms with van der Waals surface area (Å²) in [5, 5.41) is 0. The fourth-order valence-corrected chi connectivity index (χ4v) is 2.25. The number of carbonyl (C=O) groups excluding carboxylic acids is 2. The number of rotatable bonds is 8. The van der Waals surface area contributed by atoms with E-state index in [2.05, 4.69) is 13.8 Å². The normalized spacial score (nSPS) is 10.2. The van der Waals surface area contributed by atoms with Gasteiger partial charge < -0.3 is 9.80 Å². The largest absolute Gasteiger partial charge is 0.341 e. The summed E-state index contributed by atoms with van der Waals surface area (Å²) >= 11 is 0. The molecule has 0 spiro atoms. The number of amides is 2. The Morgan fingerprint density at radius 2 is 1.52 bits per heavy atom. The van der Waals surface area contributed by atoms with Crippen LogP contribution in [-0.4, -0.2) is 41.2 Å². The second kappa shape index (κ2) is 9.16. The molecular formula is C17H26N2O2. The number of hydrogen-bond donors (Lipinski definition) is 0. The van der Waals surface area contributed by atoms with Gasteiger partial charge in [-0.1, -0.05) is 44.2 Å². The van der Waals surface area contributed by atoms with Crippen LogP contribution in [0.2, 0.25) is 0 Å². The molecule has 116 valence electrons. The van der Waals surface area contributed by atoms with Crippen molar-refractivity contribution in [2.75, 3.05) is 19.6 Å². The Labute approximate surface area is 127 Å². The third kappa shape index (κ3) is 5.98. The maximum absolute atomic E-state index is 12.4. The predicted molar refractivity (Wildman–Crippen MR) is 84.7 cm³/mol. The third-order valence-corrected chi connectivity index (χ3v) is 3.33. The first-order valence-corrected chi connectivity index (χ1v) is 7.65. The van der Waals surface area contributed by atoms with Gasteiger partial charge in [-0.3, -0.25) is 9.59 Å². The molecule has 0 aliphatic rings. The van der Waals surface area contributed by atoms with Crippen LogP contribution in [-0.2, 0) is 16.1 Å². The van der Waals surface area contributed by atoms with E-state index < -0.39 is 0 Å². The predicted octanol–water partition coefficient (Wildman–Crippen LogP) is 2.68.